The molecular weight excluding hydrogens is 506 g/mol. The second kappa shape index (κ2) is 9.07. The van der Waals surface area contributed by atoms with Crippen LogP contribution >= 0.6 is 0 Å². The van der Waals surface area contributed by atoms with Gasteiger partial charge in [-0.15, -0.1) is 0 Å². The highest BCUT2D eigenvalue weighted by atomic mass is 14.9. The molecule has 206 valence electrons. The molecule has 0 aliphatic carbocycles. The van der Waals surface area contributed by atoms with Crippen molar-refractivity contribution in [2.24, 2.45) is 0 Å². The predicted molar refractivity (Wildman–Crippen MR) is 184 cm³/mol. The lowest BCUT2D eigenvalue weighted by molar-refractivity contribution is 0.867. The van der Waals surface area contributed by atoms with Gasteiger partial charge in [0.05, 0.1) is 16.6 Å². The Morgan fingerprint density at radius 2 is 0.905 bits per heavy atom. The molecule has 0 unspecified atom stereocenters. The molecular formula is C41H37N. The Balaban J connectivity index is 1.53. The van der Waals surface area contributed by atoms with Crippen LogP contribution < -0.4 is 0 Å². The summed E-state index contributed by atoms with van der Waals surface area (Å²) in [6.45, 7) is 13.7. The van der Waals surface area contributed by atoms with Gasteiger partial charge in [0.25, 0.3) is 0 Å². The second-order valence-electron chi connectivity index (χ2n) is 13.3. The second-order valence-corrected chi connectivity index (χ2v) is 13.3. The summed E-state index contributed by atoms with van der Waals surface area (Å²) >= 11 is 0. The molecule has 0 aliphatic rings. The molecule has 0 saturated carbocycles. The summed E-state index contributed by atoms with van der Waals surface area (Å²) in [7, 11) is 0. The van der Waals surface area contributed by atoms with Crippen LogP contribution in [0.1, 0.15) is 76.0 Å². The van der Waals surface area contributed by atoms with Gasteiger partial charge in [-0.2, -0.15) is 0 Å². The first kappa shape index (κ1) is 25.4. The lowest BCUT2D eigenvalue weighted by atomic mass is 9.94. The largest absolute Gasteiger partial charge is 0.308 e. The molecule has 0 spiro atoms. The first-order valence-electron chi connectivity index (χ1n) is 15.5. The molecule has 0 bridgehead atoms. The Morgan fingerprint density at radius 3 is 1.40 bits per heavy atom. The maximum atomic E-state index is 2.54. The van der Waals surface area contributed by atoms with Gasteiger partial charge < -0.3 is 4.40 Å². The molecule has 8 aromatic rings. The van der Waals surface area contributed by atoms with E-state index in [9.17, 15) is 0 Å². The van der Waals surface area contributed by atoms with E-state index in [2.05, 4.69) is 143 Å². The minimum Gasteiger partial charge on any atom is -0.308 e. The zero-order valence-corrected chi connectivity index (χ0v) is 25.4. The van der Waals surface area contributed by atoms with Crippen molar-refractivity contribution >= 4 is 59.6 Å². The fourth-order valence-corrected chi connectivity index (χ4v) is 7.03. The van der Waals surface area contributed by atoms with Crippen molar-refractivity contribution in [3.8, 4) is 11.1 Å². The molecule has 0 saturated heterocycles. The summed E-state index contributed by atoms with van der Waals surface area (Å²) in [5, 5.41) is 10.6. The Kier molecular flexibility index (Phi) is 5.47. The third-order valence-electron chi connectivity index (χ3n) is 9.57. The van der Waals surface area contributed by atoms with Crippen LogP contribution in [0.25, 0.3) is 70.8 Å². The topological polar surface area (TPSA) is 4.41 Å². The average Bonchev–Trinajstić information content (AvgIpc) is 3.48. The van der Waals surface area contributed by atoms with Crippen molar-refractivity contribution in [1.29, 1.82) is 0 Å². The zero-order valence-electron chi connectivity index (χ0n) is 25.4. The maximum absolute atomic E-state index is 2.54. The van der Waals surface area contributed by atoms with E-state index in [-0.39, 0.29) is 0 Å². The van der Waals surface area contributed by atoms with Crippen LogP contribution in [0.3, 0.4) is 0 Å². The summed E-state index contributed by atoms with van der Waals surface area (Å²) < 4.78 is 2.54. The molecule has 0 amide bonds. The van der Waals surface area contributed by atoms with Gasteiger partial charge in [-0.3, -0.25) is 0 Å². The first-order chi connectivity index (χ1) is 20.3. The van der Waals surface area contributed by atoms with Crippen LogP contribution in [0.5, 0.6) is 0 Å². The van der Waals surface area contributed by atoms with E-state index in [4.69, 9.17) is 0 Å². The van der Waals surface area contributed by atoms with Crippen LogP contribution in [0.15, 0.2) is 97.1 Å². The molecule has 2 aromatic heterocycles. The number of hydrogen-bond acceptors (Lipinski definition) is 0. The number of benzene rings is 6. The molecule has 0 fully saturated rings. The van der Waals surface area contributed by atoms with E-state index < -0.39 is 0 Å². The normalized spacial score (nSPS) is 12.7. The van der Waals surface area contributed by atoms with Gasteiger partial charge in [-0.1, -0.05) is 102 Å². The van der Waals surface area contributed by atoms with E-state index in [1.807, 2.05) is 0 Å². The van der Waals surface area contributed by atoms with Crippen LogP contribution in [0, 0.1) is 0 Å². The zero-order chi connectivity index (χ0) is 28.9. The molecule has 6 aromatic carbocycles. The fourth-order valence-electron chi connectivity index (χ4n) is 7.03. The molecule has 1 nitrogen and oxygen atoms in total. The SMILES string of the molecule is CC(C)c1cccc(-c2cc3c4cc5cc(C(C)C)ccc5cc4n4c5cc6ccc(C(C)C)cc6cc5c(c2)c34)c1. The molecule has 0 radical (unpaired) electrons. The molecule has 1 heteroatoms. The van der Waals surface area contributed by atoms with Crippen molar-refractivity contribution in [2.75, 3.05) is 0 Å². The Morgan fingerprint density at radius 1 is 0.405 bits per heavy atom. The smallest absolute Gasteiger partial charge is 0.0620 e. The van der Waals surface area contributed by atoms with Gasteiger partial charge in [-0.05, 0) is 104 Å². The number of aromatic nitrogens is 1. The van der Waals surface area contributed by atoms with Crippen LogP contribution in [-0.4, -0.2) is 4.40 Å². The number of nitrogens with zero attached hydrogens (tertiary/aromatic N) is 1. The number of fused-ring (bicyclic) bond motifs is 8. The van der Waals surface area contributed by atoms with Gasteiger partial charge in [-0.25, -0.2) is 0 Å². The van der Waals surface area contributed by atoms with Crippen LogP contribution in [-0.2, 0) is 0 Å². The highest BCUT2D eigenvalue weighted by Crippen LogP contribution is 2.44. The molecule has 0 atom stereocenters. The maximum Gasteiger partial charge on any atom is 0.0620 e. The van der Waals surface area contributed by atoms with Crippen molar-refractivity contribution in [3.63, 3.8) is 0 Å². The Bertz CT molecular complexity index is 2190. The fraction of sp³-hybridized carbons (Fsp3) is 0.220. The van der Waals surface area contributed by atoms with Gasteiger partial charge in [0.15, 0.2) is 0 Å². The first-order valence-corrected chi connectivity index (χ1v) is 15.5. The van der Waals surface area contributed by atoms with Crippen molar-refractivity contribution in [2.45, 2.75) is 59.3 Å². The van der Waals surface area contributed by atoms with E-state index in [1.165, 1.54) is 87.5 Å². The predicted octanol–water partition coefficient (Wildman–Crippen LogP) is 12.2. The number of rotatable bonds is 4. The third-order valence-corrected chi connectivity index (χ3v) is 9.57. The molecule has 8 rings (SSSR count). The highest BCUT2D eigenvalue weighted by molar-refractivity contribution is 6.27. The minimum atomic E-state index is 0.495. The summed E-state index contributed by atoms with van der Waals surface area (Å²) in [5.41, 5.74) is 10.7. The van der Waals surface area contributed by atoms with Crippen molar-refractivity contribution in [1.82, 2.24) is 4.40 Å². The van der Waals surface area contributed by atoms with E-state index in [0.29, 0.717) is 17.8 Å². The summed E-state index contributed by atoms with van der Waals surface area (Å²) in [5.74, 6) is 1.51. The summed E-state index contributed by atoms with van der Waals surface area (Å²) in [6.07, 6.45) is 0. The van der Waals surface area contributed by atoms with Crippen molar-refractivity contribution < 1.29 is 0 Å². The third kappa shape index (κ3) is 3.69. The molecule has 0 N–H and O–H groups in total. The van der Waals surface area contributed by atoms with Gasteiger partial charge in [0.2, 0.25) is 0 Å². The lowest BCUT2D eigenvalue weighted by Gasteiger charge is -2.10. The molecule has 0 aliphatic heterocycles. The minimum absolute atomic E-state index is 0.495. The van der Waals surface area contributed by atoms with Gasteiger partial charge in [0, 0.05) is 21.5 Å². The van der Waals surface area contributed by atoms with Crippen LogP contribution in [0.2, 0.25) is 0 Å². The Hall–Kier alpha value is -4.36. The molecule has 2 heterocycles. The van der Waals surface area contributed by atoms with E-state index >= 15 is 0 Å². The lowest BCUT2D eigenvalue weighted by Crippen LogP contribution is -1.88. The quantitative estimate of drug-likeness (QED) is 0.208. The van der Waals surface area contributed by atoms with Crippen LogP contribution in [0.4, 0.5) is 0 Å². The monoisotopic (exact) mass is 543 g/mol. The van der Waals surface area contributed by atoms with Gasteiger partial charge >= 0.3 is 0 Å². The molecule has 42 heavy (non-hydrogen) atoms. The highest BCUT2D eigenvalue weighted by Gasteiger charge is 2.20. The van der Waals surface area contributed by atoms with Gasteiger partial charge in [0.1, 0.15) is 0 Å². The summed E-state index contributed by atoms with van der Waals surface area (Å²) in [6, 6.07) is 37.7. The summed E-state index contributed by atoms with van der Waals surface area (Å²) in [4.78, 5) is 0. The standard InChI is InChI=1S/C41H37N/c1-23(2)26-8-7-9-29(14-26)34-19-37-35-17-32-15-27(24(3)4)10-12-30(32)21-39(35)42-40-22-31-13-11-28(25(5)6)16-33(31)18-36(40)38(20-34)41(37)42/h7-25H,1-6H3. The van der Waals surface area contributed by atoms with E-state index in [0.717, 1.165) is 0 Å². The average molecular weight is 544 g/mol. The van der Waals surface area contributed by atoms with E-state index in [1.54, 1.807) is 0 Å². The van der Waals surface area contributed by atoms with Crippen molar-refractivity contribution in [3.05, 3.63) is 114 Å². The number of hydrogen-bond donors (Lipinski definition) is 0. The Labute approximate surface area is 247 Å².